The molecule has 1 unspecified atom stereocenters. The van der Waals surface area contributed by atoms with E-state index in [2.05, 4.69) is 0 Å². The summed E-state index contributed by atoms with van der Waals surface area (Å²) in [4.78, 5) is 27.6. The van der Waals surface area contributed by atoms with Crippen molar-refractivity contribution in [2.75, 3.05) is 20.8 Å². The first-order valence-electron chi connectivity index (χ1n) is 10.7. The average Bonchev–Trinajstić information content (AvgIpc) is 3.03. The average molecular weight is 474 g/mol. The molecule has 1 N–H and O–H groups in total. The second-order valence-corrected chi connectivity index (χ2v) is 8.33. The lowest BCUT2D eigenvalue weighted by Crippen LogP contribution is -2.30. The zero-order valence-corrected chi connectivity index (χ0v) is 20.1. The van der Waals surface area contributed by atoms with Gasteiger partial charge < -0.3 is 24.2 Å². The molecule has 0 aliphatic carbocycles. The van der Waals surface area contributed by atoms with Crippen molar-refractivity contribution in [3.8, 4) is 17.2 Å². The summed E-state index contributed by atoms with van der Waals surface area (Å²) < 4.78 is 16.5. The van der Waals surface area contributed by atoms with Crippen LogP contribution in [0.2, 0.25) is 5.02 Å². The summed E-state index contributed by atoms with van der Waals surface area (Å²) in [6, 6.07) is 9.38. The molecule has 1 aliphatic heterocycles. The van der Waals surface area contributed by atoms with Gasteiger partial charge in [0.05, 0.1) is 42.5 Å². The summed E-state index contributed by atoms with van der Waals surface area (Å²) in [6.07, 6.45) is 0.595. The summed E-state index contributed by atoms with van der Waals surface area (Å²) in [6.45, 7) is 6.09. The normalized spacial score (nSPS) is 17.5. The van der Waals surface area contributed by atoms with Crippen molar-refractivity contribution < 1.29 is 28.9 Å². The quantitative estimate of drug-likeness (QED) is 0.331. The third-order valence-corrected chi connectivity index (χ3v) is 5.57. The number of ketones is 1. The van der Waals surface area contributed by atoms with E-state index in [1.165, 1.54) is 31.3 Å². The van der Waals surface area contributed by atoms with Gasteiger partial charge in [-0.15, -0.1) is 0 Å². The number of carbonyl (C=O) groups is 2. The molecule has 3 rings (SSSR count). The van der Waals surface area contributed by atoms with Crippen LogP contribution in [0, 0.1) is 0 Å². The highest BCUT2D eigenvalue weighted by atomic mass is 35.5. The Balaban J connectivity index is 2.25. The molecule has 1 fully saturated rings. The smallest absolute Gasteiger partial charge is 0.295 e. The lowest BCUT2D eigenvalue weighted by atomic mass is 9.94. The fraction of sp³-hybridized carbons (Fsp3) is 0.360. The molecule has 8 heteroatoms. The van der Waals surface area contributed by atoms with Crippen molar-refractivity contribution >= 4 is 29.1 Å². The van der Waals surface area contributed by atoms with Crippen LogP contribution >= 0.6 is 11.6 Å². The van der Waals surface area contributed by atoms with Crippen LogP contribution in [0.1, 0.15) is 44.4 Å². The fourth-order valence-corrected chi connectivity index (χ4v) is 4.15. The van der Waals surface area contributed by atoms with E-state index in [1.54, 1.807) is 18.2 Å². The van der Waals surface area contributed by atoms with Crippen LogP contribution in [0.15, 0.2) is 42.0 Å². The van der Waals surface area contributed by atoms with Crippen molar-refractivity contribution in [1.29, 1.82) is 0 Å². The van der Waals surface area contributed by atoms with Crippen LogP contribution in [0.4, 0.5) is 0 Å². The van der Waals surface area contributed by atoms with Gasteiger partial charge in [0.15, 0.2) is 0 Å². The Morgan fingerprint density at radius 3 is 2.42 bits per heavy atom. The number of Topliss-reactive ketones (excluding diaryl/α,β-unsaturated/α-hetero) is 1. The minimum atomic E-state index is -0.785. The summed E-state index contributed by atoms with van der Waals surface area (Å²) in [5, 5.41) is 11.6. The standard InChI is InChI=1S/C25H28ClNO6/c1-6-10-27-22(15-8-7-9-16(11-15)33-14(2)3)21(24(29)25(27)30)23(28)17-12-20(32-5)18(26)13-19(17)31-4/h7-9,11-14,22,28H,6,10H2,1-5H3/b23-21+. The SMILES string of the molecule is CCCN1C(=O)C(=O)/C(=C(/O)c2cc(OC)c(Cl)cc2OC)C1c1cccc(OC(C)C)c1. The molecule has 1 heterocycles. The highest BCUT2D eigenvalue weighted by molar-refractivity contribution is 6.46. The van der Waals surface area contributed by atoms with Gasteiger partial charge in [-0.1, -0.05) is 30.7 Å². The van der Waals surface area contributed by atoms with E-state index in [4.69, 9.17) is 25.8 Å². The van der Waals surface area contributed by atoms with E-state index >= 15 is 0 Å². The lowest BCUT2D eigenvalue weighted by Gasteiger charge is -2.25. The Morgan fingerprint density at radius 1 is 1.12 bits per heavy atom. The van der Waals surface area contributed by atoms with Crippen molar-refractivity contribution in [3.05, 3.63) is 58.1 Å². The lowest BCUT2D eigenvalue weighted by molar-refractivity contribution is -0.139. The number of aliphatic hydroxyl groups excluding tert-OH is 1. The first-order chi connectivity index (χ1) is 15.7. The number of benzene rings is 2. The van der Waals surface area contributed by atoms with Crippen LogP contribution in [0.5, 0.6) is 17.2 Å². The molecule has 7 nitrogen and oxygen atoms in total. The number of hydrogen-bond donors (Lipinski definition) is 1. The van der Waals surface area contributed by atoms with Crippen LogP contribution in [0.25, 0.3) is 5.76 Å². The summed E-state index contributed by atoms with van der Waals surface area (Å²) in [5.41, 5.74) is 0.827. The van der Waals surface area contributed by atoms with E-state index in [0.29, 0.717) is 30.0 Å². The zero-order chi connectivity index (χ0) is 24.3. The Kier molecular flexibility index (Phi) is 7.53. The predicted octanol–water partition coefficient (Wildman–Crippen LogP) is 4.98. The number of likely N-dealkylation sites (tertiary alicyclic amines) is 1. The fourth-order valence-electron chi connectivity index (χ4n) is 3.92. The molecule has 2 aromatic carbocycles. The van der Waals surface area contributed by atoms with E-state index in [1.807, 2.05) is 26.8 Å². The number of hydrogen-bond acceptors (Lipinski definition) is 6. The number of rotatable bonds is 8. The Bertz CT molecular complexity index is 1090. The van der Waals surface area contributed by atoms with Crippen molar-refractivity contribution in [2.24, 2.45) is 0 Å². The second kappa shape index (κ2) is 10.2. The molecule has 1 saturated heterocycles. The van der Waals surface area contributed by atoms with Gasteiger partial charge >= 0.3 is 0 Å². The number of aliphatic hydroxyl groups is 1. The summed E-state index contributed by atoms with van der Waals surface area (Å²) in [7, 11) is 2.87. The van der Waals surface area contributed by atoms with Gasteiger partial charge in [0.25, 0.3) is 11.7 Å². The van der Waals surface area contributed by atoms with Gasteiger partial charge in [-0.2, -0.15) is 0 Å². The highest BCUT2D eigenvalue weighted by Gasteiger charge is 2.46. The first kappa shape index (κ1) is 24.5. The van der Waals surface area contributed by atoms with Gasteiger partial charge in [-0.05, 0) is 44.0 Å². The minimum Gasteiger partial charge on any atom is -0.507 e. The molecule has 1 amide bonds. The monoisotopic (exact) mass is 473 g/mol. The van der Waals surface area contributed by atoms with Crippen LogP contribution < -0.4 is 14.2 Å². The predicted molar refractivity (Wildman–Crippen MR) is 126 cm³/mol. The molecule has 2 aromatic rings. The molecule has 0 saturated carbocycles. The van der Waals surface area contributed by atoms with Crippen molar-refractivity contribution in [2.45, 2.75) is 39.3 Å². The van der Waals surface area contributed by atoms with Gasteiger partial charge in [0, 0.05) is 12.6 Å². The summed E-state index contributed by atoms with van der Waals surface area (Å²) >= 11 is 6.20. The highest BCUT2D eigenvalue weighted by Crippen LogP contribution is 2.43. The Morgan fingerprint density at radius 2 is 1.82 bits per heavy atom. The maximum atomic E-state index is 13.1. The molecular formula is C25H28ClNO6. The third kappa shape index (κ3) is 4.78. The van der Waals surface area contributed by atoms with Crippen LogP contribution in [0.3, 0.4) is 0 Å². The van der Waals surface area contributed by atoms with Crippen molar-refractivity contribution in [3.63, 3.8) is 0 Å². The molecule has 0 radical (unpaired) electrons. The van der Waals surface area contributed by atoms with Gasteiger partial charge in [-0.3, -0.25) is 9.59 Å². The van der Waals surface area contributed by atoms with Crippen molar-refractivity contribution in [1.82, 2.24) is 4.90 Å². The molecular weight excluding hydrogens is 446 g/mol. The number of ether oxygens (including phenoxy) is 3. The third-order valence-electron chi connectivity index (χ3n) is 5.28. The maximum Gasteiger partial charge on any atom is 0.295 e. The number of amides is 1. The van der Waals surface area contributed by atoms with Gasteiger partial charge in [-0.25, -0.2) is 0 Å². The largest absolute Gasteiger partial charge is 0.507 e. The maximum absolute atomic E-state index is 13.1. The van der Waals surface area contributed by atoms with Crippen LogP contribution in [-0.4, -0.2) is 48.6 Å². The number of carbonyl (C=O) groups excluding carboxylic acids is 2. The molecule has 0 bridgehead atoms. The van der Waals surface area contributed by atoms with Gasteiger partial charge in [0.2, 0.25) is 0 Å². The van der Waals surface area contributed by atoms with E-state index in [9.17, 15) is 14.7 Å². The molecule has 1 aliphatic rings. The molecule has 1 atom stereocenters. The van der Waals surface area contributed by atoms with E-state index in [0.717, 1.165) is 0 Å². The second-order valence-electron chi connectivity index (χ2n) is 7.92. The van der Waals surface area contributed by atoms with E-state index < -0.39 is 17.7 Å². The molecule has 0 spiro atoms. The zero-order valence-electron chi connectivity index (χ0n) is 19.3. The number of halogens is 1. The first-order valence-corrected chi connectivity index (χ1v) is 11.1. The molecule has 33 heavy (non-hydrogen) atoms. The van der Waals surface area contributed by atoms with Gasteiger partial charge in [0.1, 0.15) is 23.0 Å². The topological polar surface area (TPSA) is 85.3 Å². The molecule has 176 valence electrons. The molecule has 0 aromatic heterocycles. The number of methoxy groups -OCH3 is 2. The summed E-state index contributed by atoms with van der Waals surface area (Å²) in [5.74, 6) is -0.647. The number of nitrogens with zero attached hydrogens (tertiary/aromatic N) is 1. The minimum absolute atomic E-state index is 0.0298. The van der Waals surface area contributed by atoms with E-state index in [-0.39, 0.29) is 33.8 Å². The Hall–Kier alpha value is -3.19. The van der Waals surface area contributed by atoms with Crippen LogP contribution in [-0.2, 0) is 9.59 Å². The Labute approximate surface area is 198 Å².